The van der Waals surface area contributed by atoms with E-state index in [1.807, 2.05) is 13.1 Å². The Kier molecular flexibility index (Phi) is 3.71. The van der Waals surface area contributed by atoms with Gasteiger partial charge >= 0.3 is 0 Å². The Hall–Kier alpha value is -1.84. The second-order valence-corrected chi connectivity index (χ2v) is 7.29. The van der Waals surface area contributed by atoms with Crippen LogP contribution in [0.2, 0.25) is 0 Å². The molecule has 0 radical (unpaired) electrons. The smallest absolute Gasteiger partial charge is 0.243 e. The van der Waals surface area contributed by atoms with Crippen molar-refractivity contribution in [3.63, 3.8) is 0 Å². The van der Waals surface area contributed by atoms with Crippen LogP contribution in [0.5, 0.6) is 0 Å². The number of benzene rings is 1. The van der Waals surface area contributed by atoms with Gasteiger partial charge in [-0.1, -0.05) is 6.07 Å². The lowest BCUT2D eigenvalue weighted by atomic mass is 10.1. The van der Waals surface area contributed by atoms with Gasteiger partial charge in [0.1, 0.15) is 15.9 Å². The van der Waals surface area contributed by atoms with E-state index in [0.717, 1.165) is 23.0 Å². The molecule has 0 fully saturated rings. The zero-order chi connectivity index (χ0) is 15.9. The number of fused-ring (bicyclic) bond motifs is 1. The zero-order valence-corrected chi connectivity index (χ0v) is 13.9. The van der Waals surface area contributed by atoms with Gasteiger partial charge in [-0.15, -0.1) is 0 Å². The molecule has 0 aliphatic rings. The topological polar surface area (TPSA) is 89.8 Å². The zero-order valence-electron chi connectivity index (χ0n) is 12.3. The highest BCUT2D eigenvalue weighted by atomic mass is 32.2. The van der Waals surface area contributed by atoms with E-state index in [4.69, 9.17) is 0 Å². The van der Waals surface area contributed by atoms with Gasteiger partial charge in [0.25, 0.3) is 0 Å². The first-order chi connectivity index (χ1) is 10.4. The van der Waals surface area contributed by atoms with Crippen molar-refractivity contribution in [2.45, 2.75) is 24.8 Å². The number of aryl methyl sites for hydroxylation is 2. The second kappa shape index (κ2) is 5.41. The predicted molar refractivity (Wildman–Crippen MR) is 84.1 cm³/mol. The third kappa shape index (κ3) is 2.62. The van der Waals surface area contributed by atoms with Crippen molar-refractivity contribution in [1.29, 1.82) is 0 Å². The predicted octanol–water partition coefficient (Wildman–Crippen LogP) is 1.77. The van der Waals surface area contributed by atoms with Gasteiger partial charge in [0.15, 0.2) is 0 Å². The van der Waals surface area contributed by atoms with E-state index in [1.165, 1.54) is 6.07 Å². The first-order valence-corrected chi connectivity index (χ1v) is 8.83. The Labute approximate surface area is 132 Å². The standard InChI is InChI=1S/C13H15N5O2S2/c1-8-10(7-18(3)14-8)9(2)17-22(19,20)12-6-4-5-11-13(12)16-21-15-11/h4-7,9,17H,1-3H3/t9-/m0/s1. The van der Waals surface area contributed by atoms with Gasteiger partial charge in [0.2, 0.25) is 10.0 Å². The van der Waals surface area contributed by atoms with Crippen LogP contribution in [0.4, 0.5) is 0 Å². The van der Waals surface area contributed by atoms with E-state index in [9.17, 15) is 8.42 Å². The monoisotopic (exact) mass is 337 g/mol. The molecule has 1 atom stereocenters. The largest absolute Gasteiger partial charge is 0.275 e. The molecule has 22 heavy (non-hydrogen) atoms. The summed E-state index contributed by atoms with van der Waals surface area (Å²) in [6.45, 7) is 3.65. The number of hydrogen-bond acceptors (Lipinski definition) is 6. The Morgan fingerprint density at radius 1 is 1.32 bits per heavy atom. The van der Waals surface area contributed by atoms with Crippen LogP contribution in [0, 0.1) is 6.92 Å². The van der Waals surface area contributed by atoms with Gasteiger partial charge in [0.05, 0.1) is 17.4 Å². The summed E-state index contributed by atoms with van der Waals surface area (Å²) in [5.41, 5.74) is 2.62. The molecule has 0 aliphatic heterocycles. The summed E-state index contributed by atoms with van der Waals surface area (Å²) in [6.07, 6.45) is 1.81. The van der Waals surface area contributed by atoms with Crippen molar-refractivity contribution in [2.75, 3.05) is 0 Å². The maximum Gasteiger partial charge on any atom is 0.243 e. The molecule has 7 nitrogen and oxygen atoms in total. The van der Waals surface area contributed by atoms with Crippen molar-refractivity contribution in [3.05, 3.63) is 35.7 Å². The average molecular weight is 337 g/mol. The fourth-order valence-electron chi connectivity index (χ4n) is 2.40. The van der Waals surface area contributed by atoms with Crippen molar-refractivity contribution in [1.82, 2.24) is 23.2 Å². The van der Waals surface area contributed by atoms with Crippen LogP contribution >= 0.6 is 11.7 Å². The lowest BCUT2D eigenvalue weighted by Gasteiger charge is -2.13. The quantitative estimate of drug-likeness (QED) is 0.783. The molecule has 116 valence electrons. The minimum atomic E-state index is -3.69. The van der Waals surface area contributed by atoms with Gasteiger partial charge in [-0.3, -0.25) is 4.68 Å². The fraction of sp³-hybridized carbons (Fsp3) is 0.308. The molecule has 3 aromatic rings. The van der Waals surface area contributed by atoms with Crippen LogP contribution in [-0.2, 0) is 17.1 Å². The molecule has 0 unspecified atom stereocenters. The molecule has 3 rings (SSSR count). The van der Waals surface area contributed by atoms with Crippen LogP contribution in [0.3, 0.4) is 0 Å². The number of aromatic nitrogens is 4. The summed E-state index contributed by atoms with van der Waals surface area (Å²) < 4.78 is 37.8. The Bertz CT molecular complexity index is 929. The van der Waals surface area contributed by atoms with E-state index in [2.05, 4.69) is 18.6 Å². The van der Waals surface area contributed by atoms with Crippen molar-refractivity contribution < 1.29 is 8.42 Å². The minimum Gasteiger partial charge on any atom is -0.275 e. The molecule has 2 aromatic heterocycles. The van der Waals surface area contributed by atoms with E-state index >= 15 is 0 Å². The summed E-state index contributed by atoms with van der Waals surface area (Å²) in [5, 5.41) is 4.24. The van der Waals surface area contributed by atoms with Crippen molar-refractivity contribution in [2.24, 2.45) is 7.05 Å². The Balaban J connectivity index is 1.97. The number of nitrogens with zero attached hydrogens (tertiary/aromatic N) is 4. The summed E-state index contributed by atoms with van der Waals surface area (Å²) in [7, 11) is -1.89. The summed E-state index contributed by atoms with van der Waals surface area (Å²) in [4.78, 5) is 0.146. The minimum absolute atomic E-state index is 0.146. The van der Waals surface area contributed by atoms with E-state index in [1.54, 1.807) is 30.8 Å². The third-order valence-corrected chi connectivity index (χ3v) is 5.50. The fourth-order valence-corrected chi connectivity index (χ4v) is 4.39. The van der Waals surface area contributed by atoms with E-state index in [-0.39, 0.29) is 10.9 Å². The van der Waals surface area contributed by atoms with Gasteiger partial charge in [-0.2, -0.15) is 13.8 Å². The molecule has 0 bridgehead atoms. The van der Waals surface area contributed by atoms with E-state index in [0.29, 0.717) is 11.0 Å². The molecule has 0 saturated carbocycles. The van der Waals surface area contributed by atoms with Gasteiger partial charge in [-0.25, -0.2) is 13.1 Å². The highest BCUT2D eigenvalue weighted by molar-refractivity contribution is 7.89. The normalized spacial score (nSPS) is 13.6. The summed E-state index contributed by atoms with van der Waals surface area (Å²) in [6, 6.07) is 4.56. The lowest BCUT2D eigenvalue weighted by Crippen LogP contribution is -2.27. The SMILES string of the molecule is Cc1nn(C)cc1[C@H](C)NS(=O)(=O)c1cccc2nsnc12. The van der Waals surface area contributed by atoms with Crippen LogP contribution in [0.25, 0.3) is 11.0 Å². The number of rotatable bonds is 4. The average Bonchev–Trinajstić information content (AvgIpc) is 3.03. The molecular formula is C13H15N5O2S2. The van der Waals surface area contributed by atoms with Gasteiger partial charge in [-0.05, 0) is 26.0 Å². The highest BCUT2D eigenvalue weighted by Crippen LogP contribution is 2.24. The van der Waals surface area contributed by atoms with Gasteiger partial charge in [0, 0.05) is 24.8 Å². The molecule has 0 aliphatic carbocycles. The molecule has 1 N–H and O–H groups in total. The van der Waals surface area contributed by atoms with E-state index < -0.39 is 10.0 Å². The van der Waals surface area contributed by atoms with Crippen LogP contribution in [0.15, 0.2) is 29.3 Å². The van der Waals surface area contributed by atoms with Crippen LogP contribution in [0.1, 0.15) is 24.2 Å². The lowest BCUT2D eigenvalue weighted by molar-refractivity contribution is 0.567. The summed E-state index contributed by atoms with van der Waals surface area (Å²) in [5.74, 6) is 0. The maximum absolute atomic E-state index is 12.6. The summed E-state index contributed by atoms with van der Waals surface area (Å²) >= 11 is 0.999. The Morgan fingerprint density at radius 2 is 2.09 bits per heavy atom. The molecule has 9 heteroatoms. The van der Waals surface area contributed by atoms with Gasteiger partial charge < -0.3 is 0 Å². The molecule has 0 saturated heterocycles. The number of hydrogen-bond donors (Lipinski definition) is 1. The van der Waals surface area contributed by atoms with Crippen molar-refractivity contribution in [3.8, 4) is 0 Å². The third-order valence-electron chi connectivity index (χ3n) is 3.39. The molecule has 2 heterocycles. The van der Waals surface area contributed by atoms with Crippen molar-refractivity contribution >= 4 is 32.8 Å². The maximum atomic E-state index is 12.6. The number of sulfonamides is 1. The molecule has 0 amide bonds. The molecule has 0 spiro atoms. The first-order valence-electron chi connectivity index (χ1n) is 6.62. The number of nitrogens with one attached hydrogen (secondary N) is 1. The Morgan fingerprint density at radius 3 is 2.77 bits per heavy atom. The molecule has 1 aromatic carbocycles. The van der Waals surface area contributed by atoms with Crippen LogP contribution < -0.4 is 4.72 Å². The molecular weight excluding hydrogens is 322 g/mol. The first kappa shape index (κ1) is 15.1. The highest BCUT2D eigenvalue weighted by Gasteiger charge is 2.23. The van der Waals surface area contributed by atoms with Crippen LogP contribution in [-0.4, -0.2) is 26.9 Å². The second-order valence-electron chi connectivity index (χ2n) is 5.07.